The van der Waals surface area contributed by atoms with Gasteiger partial charge in [0, 0.05) is 18.6 Å². The van der Waals surface area contributed by atoms with Crippen molar-refractivity contribution >= 4 is 17.5 Å². The zero-order valence-electron chi connectivity index (χ0n) is 16.0. The molecule has 1 aromatic rings. The minimum atomic E-state index is -1.76. The lowest BCUT2D eigenvalue weighted by molar-refractivity contribution is -0.240. The fraction of sp³-hybridized carbons (Fsp3) is 0.600. The van der Waals surface area contributed by atoms with Gasteiger partial charge in [0.2, 0.25) is 0 Å². The van der Waals surface area contributed by atoms with E-state index in [1.807, 2.05) is 6.07 Å². The second-order valence-electron chi connectivity index (χ2n) is 7.52. The SMILES string of the molecule is COC1CC(O)C(CO)OC1(C(=O)N[C@@H]1CCC[C@H]1O)c1cc(Cl)cc(C#N)c1. The summed E-state index contributed by atoms with van der Waals surface area (Å²) >= 11 is 6.18. The summed E-state index contributed by atoms with van der Waals surface area (Å²) in [7, 11) is 1.39. The molecule has 1 saturated carbocycles. The number of nitrogens with zero attached hydrogens (tertiary/aromatic N) is 1. The van der Waals surface area contributed by atoms with Crippen molar-refractivity contribution in [3.05, 3.63) is 34.3 Å². The molecule has 0 bridgehead atoms. The topological polar surface area (TPSA) is 132 Å². The molecule has 8 nitrogen and oxygen atoms in total. The molecule has 1 amide bonds. The number of halogens is 1. The largest absolute Gasteiger partial charge is 0.394 e. The van der Waals surface area contributed by atoms with Crippen molar-refractivity contribution in [3.8, 4) is 6.07 Å². The summed E-state index contributed by atoms with van der Waals surface area (Å²) < 4.78 is 11.5. The van der Waals surface area contributed by atoms with E-state index in [0.717, 1.165) is 6.42 Å². The second-order valence-corrected chi connectivity index (χ2v) is 7.96. The first kappa shape index (κ1) is 22.0. The average molecular weight is 425 g/mol. The van der Waals surface area contributed by atoms with Gasteiger partial charge in [-0.2, -0.15) is 5.26 Å². The van der Waals surface area contributed by atoms with Gasteiger partial charge in [-0.15, -0.1) is 0 Å². The molecule has 29 heavy (non-hydrogen) atoms. The number of benzene rings is 1. The number of aliphatic hydroxyl groups is 3. The predicted octanol–water partition coefficient (Wildman–Crippen LogP) is 0.594. The number of nitriles is 1. The van der Waals surface area contributed by atoms with Crippen LogP contribution in [0.5, 0.6) is 0 Å². The van der Waals surface area contributed by atoms with Crippen molar-refractivity contribution in [1.82, 2.24) is 5.32 Å². The van der Waals surface area contributed by atoms with Gasteiger partial charge < -0.3 is 30.1 Å². The molecule has 1 aliphatic heterocycles. The highest BCUT2D eigenvalue weighted by Crippen LogP contribution is 2.41. The molecule has 1 aliphatic carbocycles. The van der Waals surface area contributed by atoms with Gasteiger partial charge in [0.05, 0.1) is 36.5 Å². The number of carbonyl (C=O) groups is 1. The summed E-state index contributed by atoms with van der Waals surface area (Å²) in [5.74, 6) is -0.577. The van der Waals surface area contributed by atoms with Gasteiger partial charge in [-0.1, -0.05) is 11.6 Å². The fourth-order valence-electron chi connectivity index (χ4n) is 4.19. The number of methoxy groups -OCH3 is 1. The number of carbonyl (C=O) groups excluding carboxylic acids is 1. The molecular weight excluding hydrogens is 400 g/mol. The Bertz CT molecular complexity index is 800. The molecule has 4 unspecified atom stereocenters. The molecule has 2 fully saturated rings. The normalized spacial score (nSPS) is 34.6. The van der Waals surface area contributed by atoms with Crippen LogP contribution in [0.3, 0.4) is 0 Å². The number of hydrogen-bond acceptors (Lipinski definition) is 7. The molecule has 2 aliphatic rings. The van der Waals surface area contributed by atoms with Crippen LogP contribution in [-0.4, -0.2) is 65.4 Å². The highest BCUT2D eigenvalue weighted by atomic mass is 35.5. The quantitative estimate of drug-likeness (QED) is 0.544. The summed E-state index contributed by atoms with van der Waals surface area (Å²) in [4.78, 5) is 13.6. The van der Waals surface area contributed by atoms with Crippen LogP contribution in [0.15, 0.2) is 18.2 Å². The average Bonchev–Trinajstić information content (AvgIpc) is 3.11. The van der Waals surface area contributed by atoms with E-state index < -0.39 is 48.6 Å². The molecule has 0 radical (unpaired) electrons. The lowest BCUT2D eigenvalue weighted by Gasteiger charge is -2.47. The van der Waals surface area contributed by atoms with Gasteiger partial charge in [-0.05, 0) is 43.0 Å². The first-order valence-electron chi connectivity index (χ1n) is 9.55. The molecule has 0 spiro atoms. The number of rotatable bonds is 5. The summed E-state index contributed by atoms with van der Waals surface area (Å²) in [5.41, 5.74) is -1.25. The fourth-order valence-corrected chi connectivity index (χ4v) is 4.42. The Balaban J connectivity index is 2.10. The standard InChI is InChI=1S/C20H25ClN2O6/c1-28-18-8-16(26)17(10-24)29-20(18,12-5-11(9-22)6-13(21)7-12)19(27)23-14-3-2-4-15(14)25/h5-7,14-18,24-26H,2-4,8,10H2,1H3,(H,23,27)/t14-,15-,16?,17?,18?,20?/m1/s1. The minimum Gasteiger partial charge on any atom is -0.394 e. The van der Waals surface area contributed by atoms with E-state index in [1.54, 1.807) is 0 Å². The maximum Gasteiger partial charge on any atom is 0.259 e. The van der Waals surface area contributed by atoms with Gasteiger partial charge in [0.15, 0.2) is 5.60 Å². The second kappa shape index (κ2) is 8.96. The number of amides is 1. The van der Waals surface area contributed by atoms with Crippen molar-refractivity contribution in [1.29, 1.82) is 5.26 Å². The van der Waals surface area contributed by atoms with Crippen LogP contribution >= 0.6 is 11.6 Å². The van der Waals surface area contributed by atoms with Crippen LogP contribution in [-0.2, 0) is 19.9 Å². The molecule has 1 saturated heterocycles. The van der Waals surface area contributed by atoms with E-state index in [0.29, 0.717) is 12.8 Å². The van der Waals surface area contributed by atoms with Crippen molar-refractivity contribution in [2.75, 3.05) is 13.7 Å². The zero-order chi connectivity index (χ0) is 21.2. The van der Waals surface area contributed by atoms with Crippen molar-refractivity contribution < 1.29 is 29.6 Å². The van der Waals surface area contributed by atoms with Gasteiger partial charge >= 0.3 is 0 Å². The molecule has 1 heterocycles. The van der Waals surface area contributed by atoms with Gasteiger partial charge in [0.1, 0.15) is 12.2 Å². The highest BCUT2D eigenvalue weighted by Gasteiger charge is 2.56. The first-order valence-corrected chi connectivity index (χ1v) is 9.93. The number of hydrogen-bond donors (Lipinski definition) is 4. The third-order valence-corrected chi connectivity index (χ3v) is 5.95. The Morgan fingerprint density at radius 2 is 2.14 bits per heavy atom. The summed E-state index contributed by atoms with van der Waals surface area (Å²) in [6.45, 7) is -0.510. The predicted molar refractivity (Wildman–Crippen MR) is 103 cm³/mol. The van der Waals surface area contributed by atoms with E-state index in [1.165, 1.54) is 25.3 Å². The van der Waals surface area contributed by atoms with Crippen molar-refractivity contribution in [2.45, 2.75) is 61.7 Å². The van der Waals surface area contributed by atoms with Crippen molar-refractivity contribution in [2.24, 2.45) is 0 Å². The van der Waals surface area contributed by atoms with Gasteiger partial charge in [0.25, 0.3) is 5.91 Å². The molecule has 1 aromatic carbocycles. The van der Waals surface area contributed by atoms with Crippen LogP contribution in [0.4, 0.5) is 0 Å². The molecule has 158 valence electrons. The van der Waals surface area contributed by atoms with Crippen LogP contribution in [0.25, 0.3) is 0 Å². The monoisotopic (exact) mass is 424 g/mol. The maximum absolute atomic E-state index is 13.6. The van der Waals surface area contributed by atoms with Gasteiger partial charge in [-0.25, -0.2) is 0 Å². The third kappa shape index (κ3) is 4.12. The Morgan fingerprint density at radius 1 is 1.38 bits per heavy atom. The summed E-state index contributed by atoms with van der Waals surface area (Å²) in [6.07, 6.45) is -1.66. The van der Waals surface area contributed by atoms with Crippen molar-refractivity contribution in [3.63, 3.8) is 0 Å². The first-order chi connectivity index (χ1) is 13.8. The maximum atomic E-state index is 13.6. The van der Waals surface area contributed by atoms with Crippen LogP contribution < -0.4 is 5.32 Å². The summed E-state index contributed by atoms with van der Waals surface area (Å²) in [5, 5.41) is 42.5. The van der Waals surface area contributed by atoms with E-state index in [4.69, 9.17) is 21.1 Å². The van der Waals surface area contributed by atoms with Crippen LogP contribution in [0.2, 0.25) is 5.02 Å². The Kier molecular flexibility index (Phi) is 6.79. The highest BCUT2D eigenvalue weighted by molar-refractivity contribution is 6.30. The van der Waals surface area contributed by atoms with E-state index in [2.05, 4.69) is 5.32 Å². The minimum absolute atomic E-state index is 0.0246. The zero-order valence-corrected chi connectivity index (χ0v) is 16.8. The van der Waals surface area contributed by atoms with E-state index >= 15 is 0 Å². The molecule has 0 aromatic heterocycles. The third-order valence-electron chi connectivity index (χ3n) is 5.73. The molecule has 6 atom stereocenters. The molecule has 4 N–H and O–H groups in total. The smallest absolute Gasteiger partial charge is 0.259 e. The van der Waals surface area contributed by atoms with Crippen LogP contribution in [0.1, 0.15) is 36.8 Å². The number of nitrogens with one attached hydrogen (secondary N) is 1. The number of ether oxygens (including phenoxy) is 2. The Labute approximate surface area is 174 Å². The lowest BCUT2D eigenvalue weighted by atomic mass is 9.79. The summed E-state index contributed by atoms with van der Waals surface area (Å²) in [6, 6.07) is 5.99. The van der Waals surface area contributed by atoms with E-state index in [-0.39, 0.29) is 22.6 Å². The molecular formula is C20H25ClN2O6. The lowest BCUT2D eigenvalue weighted by Crippen LogP contribution is -2.64. The van der Waals surface area contributed by atoms with Gasteiger partial charge in [-0.3, -0.25) is 4.79 Å². The molecule has 3 rings (SSSR count). The molecule has 9 heteroatoms. The Morgan fingerprint density at radius 3 is 2.72 bits per heavy atom. The van der Waals surface area contributed by atoms with E-state index in [9.17, 15) is 25.4 Å². The Hall–Kier alpha value is -1.73. The van der Waals surface area contributed by atoms with Crippen LogP contribution in [0, 0.1) is 11.3 Å². The number of aliphatic hydroxyl groups excluding tert-OH is 3.